The highest BCUT2D eigenvalue weighted by atomic mass is 32.1. The lowest BCUT2D eigenvalue weighted by atomic mass is 10.2. The van der Waals surface area contributed by atoms with E-state index in [0.717, 1.165) is 18.2 Å². The second-order valence-corrected chi connectivity index (χ2v) is 3.56. The van der Waals surface area contributed by atoms with Gasteiger partial charge in [0.05, 0.1) is 0 Å². The quantitative estimate of drug-likeness (QED) is 0.763. The first-order valence-corrected chi connectivity index (χ1v) is 4.86. The molecule has 0 saturated heterocycles. The zero-order valence-electron chi connectivity index (χ0n) is 7.41. The number of hydrogen-bond donors (Lipinski definition) is 1. The van der Waals surface area contributed by atoms with Crippen LogP contribution in [0.3, 0.4) is 0 Å². The zero-order chi connectivity index (χ0) is 8.81. The summed E-state index contributed by atoms with van der Waals surface area (Å²) in [5.41, 5.74) is 0. The van der Waals surface area contributed by atoms with Gasteiger partial charge in [-0.2, -0.15) is 0 Å². The van der Waals surface area contributed by atoms with Gasteiger partial charge >= 0.3 is 0 Å². The number of ether oxygens (including phenoxy) is 1. The zero-order valence-corrected chi connectivity index (χ0v) is 8.23. The van der Waals surface area contributed by atoms with Crippen molar-refractivity contribution in [3.8, 4) is 0 Å². The molecule has 12 heavy (non-hydrogen) atoms. The molecule has 0 saturated carbocycles. The van der Waals surface area contributed by atoms with E-state index in [9.17, 15) is 0 Å². The van der Waals surface area contributed by atoms with Crippen LogP contribution in [0.2, 0.25) is 0 Å². The second kappa shape index (κ2) is 5.11. The molecule has 1 N–H and O–H groups in total. The molecule has 1 unspecified atom stereocenters. The first-order chi connectivity index (χ1) is 5.83. The van der Waals surface area contributed by atoms with Crippen LogP contribution in [-0.4, -0.2) is 24.7 Å². The predicted molar refractivity (Wildman–Crippen MR) is 51.7 cm³/mol. The van der Waals surface area contributed by atoms with E-state index in [4.69, 9.17) is 4.74 Å². The normalized spacial score (nSPS) is 12.8. The van der Waals surface area contributed by atoms with Gasteiger partial charge in [-0.25, -0.2) is 4.98 Å². The first-order valence-electron chi connectivity index (χ1n) is 3.98. The van der Waals surface area contributed by atoms with Gasteiger partial charge in [0.2, 0.25) is 0 Å². The number of hydrogen-bond acceptors (Lipinski definition) is 4. The molecule has 3 nitrogen and oxygen atoms in total. The molecule has 1 aromatic heterocycles. The SMILES string of the molecule is COCCC(C)Nc1nccs1. The van der Waals surface area contributed by atoms with Gasteiger partial charge < -0.3 is 10.1 Å². The van der Waals surface area contributed by atoms with Crippen LogP contribution in [0.15, 0.2) is 11.6 Å². The van der Waals surface area contributed by atoms with Crippen LogP contribution in [0.25, 0.3) is 0 Å². The number of nitrogens with zero attached hydrogens (tertiary/aromatic N) is 1. The van der Waals surface area contributed by atoms with E-state index < -0.39 is 0 Å². The van der Waals surface area contributed by atoms with Gasteiger partial charge in [-0.3, -0.25) is 0 Å². The minimum atomic E-state index is 0.427. The summed E-state index contributed by atoms with van der Waals surface area (Å²) in [6, 6.07) is 0.427. The number of aromatic nitrogens is 1. The summed E-state index contributed by atoms with van der Waals surface area (Å²) in [6.45, 7) is 2.92. The molecule has 1 atom stereocenters. The largest absolute Gasteiger partial charge is 0.385 e. The molecule has 0 aliphatic heterocycles. The van der Waals surface area contributed by atoms with E-state index in [-0.39, 0.29) is 0 Å². The molecule has 1 rings (SSSR count). The molecule has 0 radical (unpaired) electrons. The van der Waals surface area contributed by atoms with E-state index in [1.165, 1.54) is 0 Å². The Morgan fingerprint density at radius 3 is 3.17 bits per heavy atom. The Hall–Kier alpha value is -0.610. The average molecular weight is 186 g/mol. The Kier molecular flexibility index (Phi) is 4.04. The first kappa shape index (κ1) is 9.48. The van der Waals surface area contributed by atoms with Crippen LogP contribution in [0.1, 0.15) is 13.3 Å². The Morgan fingerprint density at radius 2 is 2.58 bits per heavy atom. The summed E-state index contributed by atoms with van der Waals surface area (Å²) in [4.78, 5) is 4.13. The van der Waals surface area contributed by atoms with Crippen molar-refractivity contribution in [3.05, 3.63) is 11.6 Å². The van der Waals surface area contributed by atoms with Crippen molar-refractivity contribution in [2.24, 2.45) is 0 Å². The monoisotopic (exact) mass is 186 g/mol. The second-order valence-electron chi connectivity index (χ2n) is 2.66. The Labute approximate surface area is 76.8 Å². The maximum Gasteiger partial charge on any atom is 0.182 e. The molecule has 1 heterocycles. The maximum atomic E-state index is 4.97. The van der Waals surface area contributed by atoms with Crippen molar-refractivity contribution < 1.29 is 4.74 Å². The molecule has 1 aromatic rings. The Morgan fingerprint density at radius 1 is 1.75 bits per heavy atom. The summed E-state index contributed by atoms with van der Waals surface area (Å²) in [7, 11) is 1.72. The van der Waals surface area contributed by atoms with Crippen molar-refractivity contribution >= 4 is 16.5 Å². The highest BCUT2D eigenvalue weighted by Crippen LogP contribution is 2.12. The summed E-state index contributed by atoms with van der Waals surface area (Å²) >= 11 is 1.62. The molecule has 0 aliphatic rings. The maximum absolute atomic E-state index is 4.97. The summed E-state index contributed by atoms with van der Waals surface area (Å²) in [5.74, 6) is 0. The third kappa shape index (κ3) is 3.19. The van der Waals surface area contributed by atoms with Crippen LogP contribution in [0.4, 0.5) is 5.13 Å². The van der Waals surface area contributed by atoms with Crippen LogP contribution < -0.4 is 5.32 Å². The number of nitrogens with one attached hydrogen (secondary N) is 1. The number of anilines is 1. The summed E-state index contributed by atoms with van der Waals surface area (Å²) in [6.07, 6.45) is 2.81. The molecule has 4 heteroatoms. The van der Waals surface area contributed by atoms with Crippen molar-refractivity contribution in [2.75, 3.05) is 19.0 Å². The lowest BCUT2D eigenvalue weighted by Crippen LogP contribution is -2.16. The molecule has 0 bridgehead atoms. The molecule has 0 aromatic carbocycles. The number of thiazole rings is 1. The van der Waals surface area contributed by atoms with E-state index >= 15 is 0 Å². The molecule has 68 valence electrons. The Bertz CT molecular complexity index is 201. The standard InChI is InChI=1S/C8H14N2OS/c1-7(3-5-11-2)10-8-9-4-6-12-8/h4,6-7H,3,5H2,1-2H3,(H,9,10). The number of methoxy groups -OCH3 is 1. The molecule has 0 spiro atoms. The minimum Gasteiger partial charge on any atom is -0.385 e. The van der Waals surface area contributed by atoms with Crippen LogP contribution in [0, 0.1) is 0 Å². The fraction of sp³-hybridized carbons (Fsp3) is 0.625. The molecule has 0 amide bonds. The van der Waals surface area contributed by atoms with Crippen molar-refractivity contribution in [1.82, 2.24) is 4.98 Å². The van der Waals surface area contributed by atoms with E-state index in [0.29, 0.717) is 6.04 Å². The molecule has 0 fully saturated rings. The molecule has 0 aliphatic carbocycles. The highest BCUT2D eigenvalue weighted by molar-refractivity contribution is 7.13. The molecular formula is C8H14N2OS. The van der Waals surface area contributed by atoms with Gasteiger partial charge in [0.1, 0.15) is 0 Å². The van der Waals surface area contributed by atoms with Gasteiger partial charge in [-0.05, 0) is 13.3 Å². The Balaban J connectivity index is 2.22. The highest BCUT2D eigenvalue weighted by Gasteiger charge is 2.01. The van der Waals surface area contributed by atoms with Crippen LogP contribution in [0.5, 0.6) is 0 Å². The predicted octanol–water partition coefficient (Wildman–Crippen LogP) is 1.98. The van der Waals surface area contributed by atoms with Gasteiger partial charge in [-0.1, -0.05) is 0 Å². The van der Waals surface area contributed by atoms with Gasteiger partial charge in [0, 0.05) is 31.3 Å². The third-order valence-corrected chi connectivity index (χ3v) is 2.26. The van der Waals surface area contributed by atoms with E-state index in [2.05, 4.69) is 17.2 Å². The molecular weight excluding hydrogens is 172 g/mol. The minimum absolute atomic E-state index is 0.427. The van der Waals surface area contributed by atoms with Gasteiger partial charge in [0.15, 0.2) is 5.13 Å². The topological polar surface area (TPSA) is 34.1 Å². The average Bonchev–Trinajstić information content (AvgIpc) is 2.53. The van der Waals surface area contributed by atoms with Crippen molar-refractivity contribution in [1.29, 1.82) is 0 Å². The fourth-order valence-electron chi connectivity index (χ4n) is 0.872. The van der Waals surface area contributed by atoms with Crippen LogP contribution >= 0.6 is 11.3 Å². The van der Waals surface area contributed by atoms with Gasteiger partial charge in [-0.15, -0.1) is 11.3 Å². The van der Waals surface area contributed by atoms with Crippen molar-refractivity contribution in [2.45, 2.75) is 19.4 Å². The van der Waals surface area contributed by atoms with E-state index in [1.54, 1.807) is 24.6 Å². The lowest BCUT2D eigenvalue weighted by Gasteiger charge is -2.11. The number of rotatable bonds is 5. The lowest BCUT2D eigenvalue weighted by molar-refractivity contribution is 0.191. The smallest absolute Gasteiger partial charge is 0.182 e. The summed E-state index contributed by atoms with van der Waals surface area (Å²) in [5, 5.41) is 6.23. The van der Waals surface area contributed by atoms with Gasteiger partial charge in [0.25, 0.3) is 0 Å². The summed E-state index contributed by atoms with van der Waals surface area (Å²) < 4.78 is 4.97. The third-order valence-electron chi connectivity index (χ3n) is 1.56. The van der Waals surface area contributed by atoms with E-state index in [1.807, 2.05) is 5.38 Å². The fourth-order valence-corrected chi connectivity index (χ4v) is 1.51. The van der Waals surface area contributed by atoms with Crippen molar-refractivity contribution in [3.63, 3.8) is 0 Å². The van der Waals surface area contributed by atoms with Crippen LogP contribution in [-0.2, 0) is 4.74 Å².